The number of benzene rings is 2. The number of nitro groups is 1. The average molecular weight is 487 g/mol. The van der Waals surface area contributed by atoms with Gasteiger partial charge in [-0.3, -0.25) is 20.2 Å². The van der Waals surface area contributed by atoms with Gasteiger partial charge in [0.1, 0.15) is 11.5 Å². The Kier molecular flexibility index (Phi) is 7.98. The van der Waals surface area contributed by atoms with Crippen LogP contribution in [0.5, 0.6) is 17.2 Å². The summed E-state index contributed by atoms with van der Waals surface area (Å²) >= 11 is 1.18. The number of hydrogen-bond acceptors (Lipinski definition) is 10. The normalized spacial score (nSPS) is 10.3. The van der Waals surface area contributed by atoms with Crippen LogP contribution in [0.3, 0.4) is 0 Å². The Hall–Kier alpha value is -4.19. The summed E-state index contributed by atoms with van der Waals surface area (Å²) < 4.78 is 20.8. The summed E-state index contributed by atoms with van der Waals surface area (Å²) in [7, 11) is 3.08. The molecule has 0 spiro atoms. The summed E-state index contributed by atoms with van der Waals surface area (Å²) in [5.74, 6) is -0.262. The van der Waals surface area contributed by atoms with Crippen LogP contribution in [0.1, 0.15) is 17.3 Å². The fraction of sp³-hybridized carbons (Fsp3) is 0.227. The van der Waals surface area contributed by atoms with E-state index in [0.29, 0.717) is 22.8 Å². The number of hydrogen-bond donors (Lipinski definition) is 1. The molecule has 3 rings (SSSR count). The third-order valence-corrected chi connectivity index (χ3v) is 5.22. The van der Waals surface area contributed by atoms with Crippen molar-refractivity contribution in [2.75, 3.05) is 32.8 Å². The number of aromatic nitrogens is 1. The summed E-state index contributed by atoms with van der Waals surface area (Å²) in [5.41, 5.74) is 0.797. The van der Waals surface area contributed by atoms with Gasteiger partial charge in [-0.2, -0.15) is 0 Å². The van der Waals surface area contributed by atoms with Gasteiger partial charge in [0.25, 0.3) is 5.91 Å². The molecule has 1 N–H and O–H groups in total. The van der Waals surface area contributed by atoms with E-state index in [-0.39, 0.29) is 28.7 Å². The molecular weight excluding hydrogens is 466 g/mol. The molecule has 11 nitrogen and oxygen atoms in total. The number of anilines is 1. The zero-order valence-corrected chi connectivity index (χ0v) is 19.3. The summed E-state index contributed by atoms with van der Waals surface area (Å²) in [4.78, 5) is 39.4. The highest BCUT2D eigenvalue weighted by Crippen LogP contribution is 2.35. The highest BCUT2D eigenvalue weighted by atomic mass is 32.1. The molecule has 0 unspecified atom stereocenters. The second-order valence-corrected chi connectivity index (χ2v) is 7.46. The number of esters is 1. The van der Waals surface area contributed by atoms with Gasteiger partial charge in [-0.05, 0) is 37.3 Å². The Morgan fingerprint density at radius 3 is 2.56 bits per heavy atom. The van der Waals surface area contributed by atoms with Crippen molar-refractivity contribution < 1.29 is 33.5 Å². The van der Waals surface area contributed by atoms with E-state index in [0.717, 1.165) is 6.07 Å². The summed E-state index contributed by atoms with van der Waals surface area (Å²) in [6.45, 7) is 1.31. The number of methoxy groups -OCH3 is 2. The van der Waals surface area contributed by atoms with Gasteiger partial charge in [-0.1, -0.05) is 0 Å². The predicted octanol–water partition coefficient (Wildman–Crippen LogP) is 3.93. The first-order valence-corrected chi connectivity index (χ1v) is 10.8. The maximum atomic E-state index is 12.3. The Labute approximate surface area is 198 Å². The lowest BCUT2D eigenvalue weighted by Gasteiger charge is -2.08. The number of amides is 1. The van der Waals surface area contributed by atoms with E-state index in [1.165, 1.54) is 30.6 Å². The van der Waals surface area contributed by atoms with E-state index in [2.05, 4.69) is 10.3 Å². The van der Waals surface area contributed by atoms with Crippen molar-refractivity contribution in [2.45, 2.75) is 6.92 Å². The minimum Gasteiger partial charge on any atom is -0.497 e. The Balaban J connectivity index is 1.63. The quantitative estimate of drug-likeness (QED) is 0.256. The van der Waals surface area contributed by atoms with Gasteiger partial charge in [-0.15, -0.1) is 11.3 Å². The maximum Gasteiger partial charge on any atom is 0.338 e. The Bertz CT molecular complexity index is 1210. The third-order valence-electron chi connectivity index (χ3n) is 4.46. The topological polar surface area (TPSA) is 139 Å². The lowest BCUT2D eigenvalue weighted by Crippen LogP contribution is -2.21. The van der Waals surface area contributed by atoms with Gasteiger partial charge in [0.2, 0.25) is 0 Å². The Morgan fingerprint density at radius 2 is 1.88 bits per heavy atom. The van der Waals surface area contributed by atoms with Crippen molar-refractivity contribution in [1.82, 2.24) is 4.98 Å². The minimum atomic E-state index is -0.887. The number of nitrogens with zero attached hydrogens (tertiary/aromatic N) is 2. The largest absolute Gasteiger partial charge is 0.497 e. The number of rotatable bonds is 10. The van der Waals surface area contributed by atoms with Crippen molar-refractivity contribution in [2.24, 2.45) is 0 Å². The molecule has 0 radical (unpaired) electrons. The molecule has 0 bridgehead atoms. The molecule has 0 aliphatic carbocycles. The summed E-state index contributed by atoms with van der Waals surface area (Å²) in [6, 6.07) is 8.94. The van der Waals surface area contributed by atoms with Crippen LogP contribution in [0.25, 0.3) is 11.3 Å². The number of nitrogens with one attached hydrogen (secondary N) is 1. The second-order valence-electron chi connectivity index (χ2n) is 6.60. The van der Waals surface area contributed by atoms with E-state index < -0.39 is 23.4 Å². The maximum absolute atomic E-state index is 12.3. The van der Waals surface area contributed by atoms with E-state index in [9.17, 15) is 19.7 Å². The number of carbonyl (C=O) groups excluding carboxylic acids is 2. The van der Waals surface area contributed by atoms with Crippen LogP contribution in [0.15, 0.2) is 41.8 Å². The highest BCUT2D eigenvalue weighted by Gasteiger charge is 2.20. The van der Waals surface area contributed by atoms with Crippen molar-refractivity contribution in [1.29, 1.82) is 0 Å². The van der Waals surface area contributed by atoms with Crippen molar-refractivity contribution in [3.63, 3.8) is 0 Å². The number of thiazole rings is 1. The van der Waals surface area contributed by atoms with E-state index in [1.807, 2.05) is 0 Å². The van der Waals surface area contributed by atoms with E-state index >= 15 is 0 Å². The zero-order valence-electron chi connectivity index (χ0n) is 18.5. The van der Waals surface area contributed by atoms with Crippen LogP contribution in [0, 0.1) is 10.1 Å². The van der Waals surface area contributed by atoms with Gasteiger partial charge >= 0.3 is 11.7 Å². The molecule has 1 heterocycles. The van der Waals surface area contributed by atoms with Gasteiger partial charge in [-0.25, -0.2) is 9.78 Å². The molecule has 178 valence electrons. The van der Waals surface area contributed by atoms with Crippen LogP contribution >= 0.6 is 11.3 Å². The third kappa shape index (κ3) is 5.78. The molecule has 0 aliphatic heterocycles. The van der Waals surface area contributed by atoms with Crippen LogP contribution in [0.2, 0.25) is 0 Å². The Morgan fingerprint density at radius 1 is 1.12 bits per heavy atom. The number of carbonyl (C=O) groups is 2. The average Bonchev–Trinajstić information content (AvgIpc) is 3.30. The first-order valence-electron chi connectivity index (χ1n) is 9.92. The molecule has 0 atom stereocenters. The molecular formula is C22H21N3O8S. The molecule has 2 aromatic carbocycles. The van der Waals surface area contributed by atoms with E-state index in [4.69, 9.17) is 18.9 Å². The lowest BCUT2D eigenvalue weighted by molar-refractivity contribution is -0.385. The molecule has 34 heavy (non-hydrogen) atoms. The number of nitro benzene ring substituents is 1. The molecule has 1 amide bonds. The van der Waals surface area contributed by atoms with Crippen LogP contribution in [-0.4, -0.2) is 49.2 Å². The monoisotopic (exact) mass is 487 g/mol. The van der Waals surface area contributed by atoms with Gasteiger partial charge in [0.05, 0.1) is 37.0 Å². The van der Waals surface area contributed by atoms with Gasteiger partial charge in [0, 0.05) is 17.0 Å². The standard InChI is InChI=1S/C22H21N3O8S/c1-4-32-19-7-5-13(9-17(19)25(28)29)21(27)33-11-20(26)24-22-23-16(12-34-22)15-10-14(30-2)6-8-18(15)31-3/h5-10,12H,4,11H2,1-3H3,(H,23,24,26). The second kappa shape index (κ2) is 11.1. The molecule has 0 aliphatic rings. The van der Waals surface area contributed by atoms with Crippen LogP contribution in [0.4, 0.5) is 10.8 Å². The van der Waals surface area contributed by atoms with Crippen molar-refractivity contribution >= 4 is 34.0 Å². The van der Waals surface area contributed by atoms with Crippen LogP contribution in [-0.2, 0) is 9.53 Å². The first-order chi connectivity index (χ1) is 16.4. The van der Waals surface area contributed by atoms with E-state index in [1.54, 1.807) is 37.6 Å². The molecule has 0 saturated carbocycles. The predicted molar refractivity (Wildman–Crippen MR) is 124 cm³/mol. The smallest absolute Gasteiger partial charge is 0.338 e. The van der Waals surface area contributed by atoms with Crippen molar-refractivity contribution in [3.8, 4) is 28.5 Å². The fourth-order valence-electron chi connectivity index (χ4n) is 2.90. The minimum absolute atomic E-state index is 0.0361. The SMILES string of the molecule is CCOc1ccc(C(=O)OCC(=O)Nc2nc(-c3cc(OC)ccc3OC)cs2)cc1[N+](=O)[O-]. The first kappa shape index (κ1) is 24.5. The number of ether oxygens (including phenoxy) is 4. The van der Waals surface area contributed by atoms with Crippen molar-refractivity contribution in [3.05, 3.63) is 57.5 Å². The lowest BCUT2D eigenvalue weighted by atomic mass is 10.1. The molecule has 1 aromatic heterocycles. The fourth-order valence-corrected chi connectivity index (χ4v) is 3.63. The van der Waals surface area contributed by atoms with Gasteiger partial charge < -0.3 is 18.9 Å². The molecule has 3 aromatic rings. The summed E-state index contributed by atoms with van der Waals surface area (Å²) in [5, 5.41) is 15.8. The van der Waals surface area contributed by atoms with Gasteiger partial charge in [0.15, 0.2) is 17.5 Å². The molecule has 0 saturated heterocycles. The summed E-state index contributed by atoms with van der Waals surface area (Å²) in [6.07, 6.45) is 0. The highest BCUT2D eigenvalue weighted by molar-refractivity contribution is 7.14. The zero-order chi connectivity index (χ0) is 24.7. The van der Waals surface area contributed by atoms with Crippen LogP contribution < -0.4 is 19.5 Å². The molecule has 0 fully saturated rings. The molecule has 12 heteroatoms.